The second-order valence-electron chi connectivity index (χ2n) is 21.1. The Morgan fingerprint density at radius 2 is 0.671 bits per heavy atom. The Kier molecular flexibility index (Phi) is 28.4. The molecule has 0 aromatic heterocycles. The molecule has 0 aromatic rings. The largest absolute Gasteiger partial charge is 0.542 e. The molecule has 4 saturated carbocycles. The molecule has 4 fully saturated rings. The fourth-order valence-corrected chi connectivity index (χ4v) is 9.70. The van der Waals surface area contributed by atoms with E-state index in [4.69, 9.17) is 38.3 Å². The molecular formula is C52H84F3NO14. The van der Waals surface area contributed by atoms with Gasteiger partial charge in [0.25, 0.3) is 0 Å². The van der Waals surface area contributed by atoms with E-state index in [-0.39, 0.29) is 63.1 Å². The van der Waals surface area contributed by atoms with Crippen LogP contribution >= 0.6 is 0 Å². The van der Waals surface area contributed by atoms with Gasteiger partial charge in [0.05, 0.1) is 25.9 Å². The highest BCUT2D eigenvalue weighted by atomic mass is 19.4. The quantitative estimate of drug-likeness (QED) is 0.0513. The standard InChI is InChI=1S/C50H83NO12.C2HF3O2/c1-35-9-17-39(18-10-35)27-47(54)58-31-43(32-59-48(55)28-40-19-11-36(2)12-20-40)62-45(52)7-5-25-51-26-6-8-46(53)63-44(33-60-49(56)29-41-21-13-37(3)14-22-41)34-61-50(57)30-42-23-15-38(4)16-24-42;3-2(4,5)1(6)7/h35-44,51H,5-34H2,1-4H3;(H,6,7). The van der Waals surface area contributed by atoms with E-state index < -0.39 is 36.3 Å². The number of ether oxygens (including phenoxy) is 6. The number of alkyl halides is 3. The Morgan fingerprint density at radius 3 is 0.886 bits per heavy atom. The van der Waals surface area contributed by atoms with Crippen LogP contribution in [0.5, 0.6) is 0 Å². The summed E-state index contributed by atoms with van der Waals surface area (Å²) < 4.78 is 65.1. The number of esters is 6. The van der Waals surface area contributed by atoms with Crippen molar-refractivity contribution in [3.63, 3.8) is 0 Å². The van der Waals surface area contributed by atoms with E-state index in [1.165, 1.54) is 0 Å². The number of aliphatic carboxylic acids is 1. The molecule has 0 unspecified atom stereocenters. The number of carboxylic acids is 1. The summed E-state index contributed by atoms with van der Waals surface area (Å²) in [5.74, 6) is -1.26. The van der Waals surface area contributed by atoms with Gasteiger partial charge in [0.15, 0.2) is 12.2 Å². The van der Waals surface area contributed by atoms with Crippen molar-refractivity contribution in [3.05, 3.63) is 0 Å². The van der Waals surface area contributed by atoms with Crippen molar-refractivity contribution < 1.29 is 85.6 Å². The minimum atomic E-state index is -5.19. The van der Waals surface area contributed by atoms with Gasteiger partial charge in [-0.25, -0.2) is 0 Å². The smallest absolute Gasteiger partial charge is 0.430 e. The molecule has 0 amide bonds. The number of hydrogen-bond donors (Lipinski definition) is 1. The maximum atomic E-state index is 12.9. The van der Waals surface area contributed by atoms with Crippen LogP contribution in [0.4, 0.5) is 13.2 Å². The second-order valence-corrected chi connectivity index (χ2v) is 21.1. The molecule has 2 N–H and O–H groups in total. The van der Waals surface area contributed by atoms with Crippen molar-refractivity contribution in [3.8, 4) is 0 Å². The monoisotopic (exact) mass is 1000 g/mol. The number of carbonyl (C=O) groups is 7. The Bertz CT molecular complexity index is 1400. The molecule has 402 valence electrons. The third kappa shape index (κ3) is 27.6. The number of carbonyl (C=O) groups excluding carboxylic acids is 7. The van der Waals surface area contributed by atoms with Gasteiger partial charge in [-0.1, -0.05) is 79.1 Å². The molecule has 0 atom stereocenters. The number of nitrogens with two attached hydrogens (primary N) is 1. The van der Waals surface area contributed by atoms with Crippen LogP contribution in [-0.2, 0) is 62.0 Å². The lowest BCUT2D eigenvalue weighted by molar-refractivity contribution is -0.655. The summed E-state index contributed by atoms with van der Waals surface area (Å²) in [6.07, 6.45) is 12.6. The SMILES string of the molecule is CC1CCC(CC(=O)OCC(COC(=O)CC2CCC(C)CC2)OC(=O)CCC[NH2+]CCCC(=O)OC(COC(=O)CC2CCC(C)CC2)COC(=O)CC2CCC(C)CC2)CC1.O=C([O-])C(F)(F)F. The molecule has 0 bridgehead atoms. The van der Waals surface area contributed by atoms with Crippen LogP contribution in [0.3, 0.4) is 0 Å². The Hall–Kier alpha value is -3.96. The van der Waals surface area contributed by atoms with Gasteiger partial charge in [-0.05, 0) is 98.7 Å². The molecule has 0 spiro atoms. The van der Waals surface area contributed by atoms with Crippen LogP contribution in [0.1, 0.15) is 182 Å². The van der Waals surface area contributed by atoms with E-state index in [1.807, 2.05) is 5.32 Å². The van der Waals surface area contributed by atoms with E-state index in [2.05, 4.69) is 27.7 Å². The molecule has 70 heavy (non-hydrogen) atoms. The second kappa shape index (κ2) is 32.9. The number of carboxylic acid groups (broad SMARTS) is 1. The molecule has 4 rings (SSSR count). The number of rotatable bonds is 26. The minimum Gasteiger partial charge on any atom is -0.542 e. The number of hydrogen-bond acceptors (Lipinski definition) is 14. The average Bonchev–Trinajstić information content (AvgIpc) is 3.30. The molecular weight excluding hydrogens is 920 g/mol. The third-order valence-corrected chi connectivity index (χ3v) is 14.5. The van der Waals surface area contributed by atoms with Gasteiger partial charge in [0.2, 0.25) is 0 Å². The van der Waals surface area contributed by atoms with E-state index in [9.17, 15) is 41.9 Å². The Labute approximate surface area is 413 Å². The molecule has 0 aromatic carbocycles. The van der Waals surface area contributed by atoms with E-state index >= 15 is 0 Å². The number of halogens is 3. The van der Waals surface area contributed by atoms with Crippen LogP contribution in [0.15, 0.2) is 0 Å². The zero-order chi connectivity index (χ0) is 51.5. The highest BCUT2D eigenvalue weighted by Crippen LogP contribution is 2.33. The first-order valence-corrected chi connectivity index (χ1v) is 26.3. The first-order valence-electron chi connectivity index (χ1n) is 26.3. The summed E-state index contributed by atoms with van der Waals surface area (Å²) in [5.41, 5.74) is 0. The van der Waals surface area contributed by atoms with Crippen molar-refractivity contribution in [1.82, 2.24) is 0 Å². The first kappa shape index (κ1) is 60.3. The predicted octanol–water partition coefficient (Wildman–Crippen LogP) is 7.27. The van der Waals surface area contributed by atoms with Crippen molar-refractivity contribution in [2.24, 2.45) is 47.3 Å². The van der Waals surface area contributed by atoms with Crippen molar-refractivity contribution in [2.75, 3.05) is 39.5 Å². The van der Waals surface area contributed by atoms with Gasteiger partial charge < -0.3 is 43.6 Å². The van der Waals surface area contributed by atoms with Gasteiger partial charge in [-0.15, -0.1) is 0 Å². The van der Waals surface area contributed by atoms with Crippen molar-refractivity contribution >= 4 is 41.8 Å². The summed E-state index contributed by atoms with van der Waals surface area (Å²) in [4.78, 5) is 85.4. The fourth-order valence-electron chi connectivity index (χ4n) is 9.70. The van der Waals surface area contributed by atoms with Crippen molar-refractivity contribution in [1.29, 1.82) is 0 Å². The predicted molar refractivity (Wildman–Crippen MR) is 248 cm³/mol. The lowest BCUT2D eigenvalue weighted by Crippen LogP contribution is -2.84. The average molecular weight is 1000 g/mol. The van der Waals surface area contributed by atoms with Gasteiger partial charge in [-0.3, -0.25) is 28.8 Å². The molecule has 0 aliphatic heterocycles. The van der Waals surface area contributed by atoms with Crippen LogP contribution in [0.25, 0.3) is 0 Å². The Balaban J connectivity index is 0.00000171. The van der Waals surface area contributed by atoms with Crippen molar-refractivity contribution in [2.45, 2.75) is 200 Å². The topological polar surface area (TPSA) is 215 Å². The zero-order valence-electron chi connectivity index (χ0n) is 42.4. The van der Waals surface area contributed by atoms with Crippen LogP contribution in [0, 0.1) is 47.3 Å². The Morgan fingerprint density at radius 1 is 0.443 bits per heavy atom. The molecule has 0 heterocycles. The van der Waals surface area contributed by atoms with Gasteiger partial charge >= 0.3 is 42.0 Å². The van der Waals surface area contributed by atoms with Crippen LogP contribution < -0.4 is 10.4 Å². The first-order chi connectivity index (χ1) is 33.2. The zero-order valence-corrected chi connectivity index (χ0v) is 42.4. The van der Waals surface area contributed by atoms with Gasteiger partial charge in [0, 0.05) is 38.5 Å². The molecule has 4 aliphatic rings. The van der Waals surface area contributed by atoms with Gasteiger partial charge in [-0.2, -0.15) is 13.2 Å². The van der Waals surface area contributed by atoms with Crippen LogP contribution in [0.2, 0.25) is 0 Å². The normalized spacial score (nSPS) is 25.6. The summed E-state index contributed by atoms with van der Waals surface area (Å²) in [7, 11) is 0. The highest BCUT2D eigenvalue weighted by Gasteiger charge is 2.30. The third-order valence-electron chi connectivity index (χ3n) is 14.5. The maximum Gasteiger partial charge on any atom is 0.430 e. The summed E-state index contributed by atoms with van der Waals surface area (Å²) in [5, 5.41) is 10.8. The van der Waals surface area contributed by atoms with E-state index in [0.717, 1.165) is 103 Å². The minimum absolute atomic E-state index is 0.135. The molecule has 15 nitrogen and oxygen atoms in total. The number of quaternary nitrogens is 1. The van der Waals surface area contributed by atoms with E-state index in [1.54, 1.807) is 0 Å². The van der Waals surface area contributed by atoms with Gasteiger partial charge in [0.1, 0.15) is 32.4 Å². The summed E-state index contributed by atoms with van der Waals surface area (Å²) >= 11 is 0. The fraction of sp³-hybridized carbons (Fsp3) is 0.865. The highest BCUT2D eigenvalue weighted by molar-refractivity contribution is 5.72. The molecule has 18 heteroatoms. The molecule has 0 radical (unpaired) electrons. The maximum absolute atomic E-state index is 12.9. The molecule has 4 aliphatic carbocycles. The lowest BCUT2D eigenvalue weighted by atomic mass is 9.81. The van der Waals surface area contributed by atoms with E-state index in [0.29, 0.717) is 99.0 Å². The van der Waals surface area contributed by atoms with Crippen LogP contribution in [-0.4, -0.2) is 99.7 Å². The lowest BCUT2D eigenvalue weighted by Gasteiger charge is -2.26. The molecule has 0 saturated heterocycles. The summed E-state index contributed by atoms with van der Waals surface area (Å²) in [6.45, 7) is 9.56. The summed E-state index contributed by atoms with van der Waals surface area (Å²) in [6, 6.07) is 0.